The summed E-state index contributed by atoms with van der Waals surface area (Å²) < 4.78 is 0. The van der Waals surface area contributed by atoms with E-state index in [-0.39, 0.29) is 0 Å². The lowest BCUT2D eigenvalue weighted by Crippen LogP contribution is -1.93. The van der Waals surface area contributed by atoms with Crippen LogP contribution in [0.25, 0.3) is 0 Å². The molecule has 0 heteroatoms. The smallest absolute Gasteiger partial charge is 0.00473 e. The SMILES string of the molecule is C1=CC=CC(CCCCCCC2C=CC=CC=C2)C=C1. The summed E-state index contributed by atoms with van der Waals surface area (Å²) in [6.45, 7) is 0. The maximum Gasteiger partial charge on any atom is -0.00473 e. The summed E-state index contributed by atoms with van der Waals surface area (Å²) >= 11 is 0. The topological polar surface area (TPSA) is 0 Å². The van der Waals surface area contributed by atoms with E-state index in [0.29, 0.717) is 11.8 Å². The van der Waals surface area contributed by atoms with Crippen LogP contribution in [0.1, 0.15) is 38.5 Å². The molecule has 0 aromatic heterocycles. The van der Waals surface area contributed by atoms with Gasteiger partial charge in [-0.3, -0.25) is 0 Å². The second-order valence-corrected chi connectivity index (χ2v) is 5.63. The Labute approximate surface area is 124 Å². The lowest BCUT2D eigenvalue weighted by atomic mass is 9.97. The molecule has 2 aliphatic carbocycles. The van der Waals surface area contributed by atoms with E-state index in [4.69, 9.17) is 0 Å². The number of rotatable bonds is 7. The molecule has 106 valence electrons. The fraction of sp³-hybridized carbons (Fsp3) is 0.400. The Bertz CT molecular complexity index is 355. The van der Waals surface area contributed by atoms with Gasteiger partial charge in [-0.05, 0) is 24.7 Å². The van der Waals surface area contributed by atoms with Crippen molar-refractivity contribution in [2.75, 3.05) is 0 Å². The molecule has 0 radical (unpaired) electrons. The molecule has 0 heterocycles. The second-order valence-electron chi connectivity index (χ2n) is 5.63. The van der Waals surface area contributed by atoms with Crippen LogP contribution in [0.4, 0.5) is 0 Å². The average Bonchev–Trinajstić information content (AvgIpc) is 2.87. The van der Waals surface area contributed by atoms with Gasteiger partial charge in [-0.25, -0.2) is 0 Å². The Morgan fingerprint density at radius 3 is 1.10 bits per heavy atom. The first-order valence-electron chi connectivity index (χ1n) is 7.98. The van der Waals surface area contributed by atoms with Crippen molar-refractivity contribution >= 4 is 0 Å². The monoisotopic (exact) mass is 266 g/mol. The van der Waals surface area contributed by atoms with Crippen molar-refractivity contribution in [3.8, 4) is 0 Å². The van der Waals surface area contributed by atoms with E-state index in [0.717, 1.165) is 0 Å². The van der Waals surface area contributed by atoms with Crippen LogP contribution < -0.4 is 0 Å². The summed E-state index contributed by atoms with van der Waals surface area (Å²) in [6, 6.07) is 0. The number of hydrogen-bond donors (Lipinski definition) is 0. The molecule has 20 heavy (non-hydrogen) atoms. The van der Waals surface area contributed by atoms with Gasteiger partial charge in [-0.2, -0.15) is 0 Å². The van der Waals surface area contributed by atoms with E-state index in [1.807, 2.05) is 0 Å². The predicted octanol–water partition coefficient (Wildman–Crippen LogP) is 5.92. The zero-order valence-electron chi connectivity index (χ0n) is 12.3. The Hall–Kier alpha value is -1.56. The summed E-state index contributed by atoms with van der Waals surface area (Å²) in [5.41, 5.74) is 0. The molecule has 0 aromatic rings. The van der Waals surface area contributed by atoms with Crippen LogP contribution in [-0.2, 0) is 0 Å². The Morgan fingerprint density at radius 2 is 0.750 bits per heavy atom. The molecular weight excluding hydrogens is 240 g/mol. The summed E-state index contributed by atoms with van der Waals surface area (Å²) in [4.78, 5) is 0. The number of allylic oxidation sites excluding steroid dienone is 12. The fourth-order valence-corrected chi connectivity index (χ4v) is 2.71. The van der Waals surface area contributed by atoms with Crippen LogP contribution in [0.15, 0.2) is 72.9 Å². The molecule has 0 amide bonds. The molecule has 0 fully saturated rings. The van der Waals surface area contributed by atoms with Crippen LogP contribution >= 0.6 is 0 Å². The second kappa shape index (κ2) is 9.36. The predicted molar refractivity (Wildman–Crippen MR) is 89.5 cm³/mol. The lowest BCUT2D eigenvalue weighted by molar-refractivity contribution is 0.548. The van der Waals surface area contributed by atoms with Crippen LogP contribution in [0.3, 0.4) is 0 Å². The summed E-state index contributed by atoms with van der Waals surface area (Å²) in [7, 11) is 0. The first kappa shape index (κ1) is 14.8. The van der Waals surface area contributed by atoms with Gasteiger partial charge in [0.15, 0.2) is 0 Å². The van der Waals surface area contributed by atoms with Gasteiger partial charge in [0.05, 0.1) is 0 Å². The first-order chi connectivity index (χ1) is 9.95. The van der Waals surface area contributed by atoms with Gasteiger partial charge in [0.1, 0.15) is 0 Å². The summed E-state index contributed by atoms with van der Waals surface area (Å²) in [5, 5.41) is 0. The van der Waals surface area contributed by atoms with E-state index >= 15 is 0 Å². The zero-order chi connectivity index (χ0) is 13.9. The van der Waals surface area contributed by atoms with Gasteiger partial charge in [0.2, 0.25) is 0 Å². The molecule has 2 rings (SSSR count). The minimum atomic E-state index is 0.642. The van der Waals surface area contributed by atoms with Crippen molar-refractivity contribution in [1.82, 2.24) is 0 Å². The Balaban J connectivity index is 1.51. The van der Waals surface area contributed by atoms with E-state index in [1.165, 1.54) is 38.5 Å². The normalized spacial score (nSPS) is 18.6. The quantitative estimate of drug-likeness (QED) is 0.501. The molecule has 0 bridgehead atoms. The largest absolute Gasteiger partial charge is 0.0776 e. The van der Waals surface area contributed by atoms with Crippen LogP contribution in [0.5, 0.6) is 0 Å². The van der Waals surface area contributed by atoms with E-state index in [9.17, 15) is 0 Å². The van der Waals surface area contributed by atoms with Gasteiger partial charge >= 0.3 is 0 Å². The minimum absolute atomic E-state index is 0.642. The van der Waals surface area contributed by atoms with Crippen LogP contribution in [0, 0.1) is 11.8 Å². The Kier molecular flexibility index (Phi) is 6.95. The molecule has 0 unspecified atom stereocenters. The molecule has 0 atom stereocenters. The van der Waals surface area contributed by atoms with Gasteiger partial charge in [0.25, 0.3) is 0 Å². The highest BCUT2D eigenvalue weighted by Crippen LogP contribution is 2.18. The minimum Gasteiger partial charge on any atom is -0.0776 e. The third-order valence-corrected chi connectivity index (χ3v) is 3.92. The fourth-order valence-electron chi connectivity index (χ4n) is 2.71. The molecular formula is C20H26. The van der Waals surface area contributed by atoms with Crippen molar-refractivity contribution in [2.45, 2.75) is 38.5 Å². The van der Waals surface area contributed by atoms with Crippen molar-refractivity contribution < 1.29 is 0 Å². The lowest BCUT2D eigenvalue weighted by Gasteiger charge is -2.08. The highest BCUT2D eigenvalue weighted by molar-refractivity contribution is 5.19. The van der Waals surface area contributed by atoms with E-state index in [1.54, 1.807) is 0 Å². The standard InChI is InChI=1S/C20H26/c1-2-8-14-19(13-7-1)17-11-5-6-12-18-20-15-9-3-4-10-16-20/h1-4,7-10,13-16,19-20H,5-6,11-12,17-18H2. The maximum atomic E-state index is 2.31. The molecule has 2 aliphatic rings. The molecule has 0 aliphatic heterocycles. The zero-order valence-corrected chi connectivity index (χ0v) is 12.3. The third-order valence-electron chi connectivity index (χ3n) is 3.92. The van der Waals surface area contributed by atoms with Gasteiger partial charge < -0.3 is 0 Å². The van der Waals surface area contributed by atoms with Crippen molar-refractivity contribution in [1.29, 1.82) is 0 Å². The van der Waals surface area contributed by atoms with Crippen LogP contribution in [-0.4, -0.2) is 0 Å². The number of unbranched alkanes of at least 4 members (excludes halogenated alkanes) is 3. The van der Waals surface area contributed by atoms with Crippen LogP contribution in [0.2, 0.25) is 0 Å². The molecule has 0 spiro atoms. The molecule has 0 saturated heterocycles. The third kappa shape index (κ3) is 6.06. The number of hydrogen-bond acceptors (Lipinski definition) is 0. The van der Waals surface area contributed by atoms with Crippen molar-refractivity contribution in [2.24, 2.45) is 11.8 Å². The van der Waals surface area contributed by atoms with Crippen molar-refractivity contribution in [3.63, 3.8) is 0 Å². The molecule has 0 aromatic carbocycles. The van der Waals surface area contributed by atoms with Gasteiger partial charge in [-0.15, -0.1) is 0 Å². The average molecular weight is 266 g/mol. The molecule has 0 nitrogen and oxygen atoms in total. The summed E-state index contributed by atoms with van der Waals surface area (Å²) in [5.74, 6) is 1.28. The van der Waals surface area contributed by atoms with E-state index in [2.05, 4.69) is 72.9 Å². The molecule has 0 N–H and O–H groups in total. The summed E-state index contributed by atoms with van der Waals surface area (Å²) in [6.07, 6.45) is 34.4. The highest BCUT2D eigenvalue weighted by Gasteiger charge is 2.03. The maximum absolute atomic E-state index is 2.31. The Morgan fingerprint density at radius 1 is 0.400 bits per heavy atom. The van der Waals surface area contributed by atoms with Crippen molar-refractivity contribution in [3.05, 3.63) is 72.9 Å². The van der Waals surface area contributed by atoms with Gasteiger partial charge in [0, 0.05) is 0 Å². The first-order valence-corrected chi connectivity index (χ1v) is 7.98. The van der Waals surface area contributed by atoms with E-state index < -0.39 is 0 Å². The highest BCUT2D eigenvalue weighted by atomic mass is 14.1. The van der Waals surface area contributed by atoms with Gasteiger partial charge in [-0.1, -0.05) is 98.6 Å². The molecule has 0 saturated carbocycles.